The Morgan fingerprint density at radius 3 is 2.42 bits per heavy atom. The molecule has 100 valence electrons. The predicted molar refractivity (Wildman–Crippen MR) is 85.2 cm³/mol. The van der Waals surface area contributed by atoms with E-state index < -0.39 is 0 Å². The molecule has 0 spiro atoms. The maximum Gasteiger partial charge on any atom is 0.154 e. The number of hydrogen-bond donors (Lipinski definition) is 1. The zero-order chi connectivity index (χ0) is 14.0. The fraction of sp³-hybridized carbons (Fsp3) is 0.214. The summed E-state index contributed by atoms with van der Waals surface area (Å²) in [6.07, 6.45) is 0. The highest BCUT2D eigenvalue weighted by Gasteiger charge is 2.11. The van der Waals surface area contributed by atoms with Gasteiger partial charge in [-0.15, -0.1) is 0 Å². The first-order valence-corrected chi connectivity index (χ1v) is 7.37. The van der Waals surface area contributed by atoms with Gasteiger partial charge in [0.25, 0.3) is 0 Å². The summed E-state index contributed by atoms with van der Waals surface area (Å²) in [4.78, 5) is 4.06. The summed E-state index contributed by atoms with van der Waals surface area (Å²) < 4.78 is 1.06. The molecular weight excluding hydrogens is 347 g/mol. The highest BCUT2D eigenvalue weighted by Crippen LogP contribution is 2.30. The van der Waals surface area contributed by atoms with E-state index in [1.807, 2.05) is 19.1 Å². The number of benzene rings is 1. The summed E-state index contributed by atoms with van der Waals surface area (Å²) >= 11 is 15.4. The van der Waals surface area contributed by atoms with E-state index in [0.29, 0.717) is 10.3 Å². The lowest BCUT2D eigenvalue weighted by atomic mass is 10.1. The molecule has 0 bridgehead atoms. The van der Waals surface area contributed by atoms with Crippen LogP contribution in [0.2, 0.25) is 10.3 Å². The van der Waals surface area contributed by atoms with Crippen molar-refractivity contribution < 1.29 is 0 Å². The van der Waals surface area contributed by atoms with E-state index in [9.17, 15) is 0 Å². The molecule has 0 aliphatic rings. The van der Waals surface area contributed by atoms with E-state index in [4.69, 9.17) is 23.2 Å². The van der Waals surface area contributed by atoms with Gasteiger partial charge in [0.05, 0.1) is 5.69 Å². The largest absolute Gasteiger partial charge is 0.376 e. The van der Waals surface area contributed by atoms with E-state index in [-0.39, 0.29) is 6.04 Å². The highest BCUT2D eigenvalue weighted by atomic mass is 79.9. The Bertz CT molecular complexity index is 561. The van der Waals surface area contributed by atoms with Gasteiger partial charge in [-0.3, -0.25) is 0 Å². The van der Waals surface area contributed by atoms with Crippen LogP contribution < -0.4 is 5.32 Å². The molecule has 1 heterocycles. The van der Waals surface area contributed by atoms with Gasteiger partial charge < -0.3 is 5.32 Å². The molecule has 1 N–H and O–H groups in total. The Hall–Kier alpha value is -0.770. The summed E-state index contributed by atoms with van der Waals surface area (Å²) in [6.45, 7) is 4.03. The molecule has 0 amide bonds. The van der Waals surface area contributed by atoms with Gasteiger partial charge in [-0.05, 0) is 43.2 Å². The van der Waals surface area contributed by atoms with Crippen LogP contribution in [0.25, 0.3) is 0 Å². The van der Waals surface area contributed by atoms with Gasteiger partial charge in [-0.2, -0.15) is 0 Å². The molecule has 1 aromatic carbocycles. The van der Waals surface area contributed by atoms with Crippen molar-refractivity contribution in [2.24, 2.45) is 0 Å². The number of aryl methyl sites for hydroxylation is 1. The minimum absolute atomic E-state index is 0.132. The van der Waals surface area contributed by atoms with E-state index in [0.717, 1.165) is 15.7 Å². The average molecular weight is 360 g/mol. The van der Waals surface area contributed by atoms with Crippen LogP contribution in [0.4, 0.5) is 5.69 Å². The monoisotopic (exact) mass is 358 g/mol. The Labute approximate surface area is 131 Å². The lowest BCUT2D eigenvalue weighted by molar-refractivity contribution is 0.880. The minimum Gasteiger partial charge on any atom is -0.376 e. The van der Waals surface area contributed by atoms with Crippen LogP contribution in [0.1, 0.15) is 24.1 Å². The quantitative estimate of drug-likeness (QED) is 0.718. The average Bonchev–Trinajstić information content (AvgIpc) is 2.34. The Morgan fingerprint density at radius 2 is 1.84 bits per heavy atom. The molecule has 1 atom stereocenters. The number of aromatic nitrogens is 1. The molecular formula is C14H13BrCl2N2. The molecule has 0 saturated carbocycles. The molecule has 0 radical (unpaired) electrons. The molecule has 19 heavy (non-hydrogen) atoms. The molecule has 1 aromatic heterocycles. The summed E-state index contributed by atoms with van der Waals surface area (Å²) in [5, 5.41) is 4.18. The lowest BCUT2D eigenvalue weighted by Crippen LogP contribution is -2.08. The minimum atomic E-state index is 0.132. The third kappa shape index (κ3) is 3.62. The number of nitrogens with one attached hydrogen (secondary N) is 1. The first kappa shape index (κ1) is 14.6. The number of anilines is 1. The molecule has 5 heteroatoms. The molecule has 0 aliphatic heterocycles. The zero-order valence-corrected chi connectivity index (χ0v) is 13.6. The van der Waals surface area contributed by atoms with Gasteiger partial charge in [0.2, 0.25) is 0 Å². The summed E-state index contributed by atoms with van der Waals surface area (Å²) in [6, 6.07) is 10.1. The molecule has 1 unspecified atom stereocenters. The van der Waals surface area contributed by atoms with Gasteiger partial charge in [-0.25, -0.2) is 4.98 Å². The van der Waals surface area contributed by atoms with Crippen LogP contribution in [0.15, 0.2) is 34.8 Å². The molecule has 2 nitrogen and oxygen atoms in total. The van der Waals surface area contributed by atoms with Crippen molar-refractivity contribution >= 4 is 44.8 Å². The van der Waals surface area contributed by atoms with Gasteiger partial charge in [-0.1, -0.05) is 51.3 Å². The van der Waals surface area contributed by atoms with Crippen molar-refractivity contribution in [1.29, 1.82) is 0 Å². The van der Waals surface area contributed by atoms with Crippen molar-refractivity contribution in [3.8, 4) is 0 Å². The van der Waals surface area contributed by atoms with Crippen molar-refractivity contribution in [3.63, 3.8) is 0 Å². The molecule has 2 rings (SSSR count). The summed E-state index contributed by atoms with van der Waals surface area (Å²) in [7, 11) is 0. The van der Waals surface area contributed by atoms with E-state index in [2.05, 4.69) is 45.3 Å². The summed E-state index contributed by atoms with van der Waals surface area (Å²) in [5.74, 6) is 0. The number of hydrogen-bond acceptors (Lipinski definition) is 2. The second-order valence-corrected chi connectivity index (χ2v) is 6.01. The van der Waals surface area contributed by atoms with Crippen LogP contribution in [0.3, 0.4) is 0 Å². The lowest BCUT2D eigenvalue weighted by Gasteiger charge is -2.18. The first-order valence-electron chi connectivity index (χ1n) is 5.82. The fourth-order valence-electron chi connectivity index (χ4n) is 1.82. The number of pyridine rings is 1. The fourth-order valence-corrected chi connectivity index (χ4v) is 2.67. The third-order valence-electron chi connectivity index (χ3n) is 2.87. The Kier molecular flexibility index (Phi) is 4.71. The summed E-state index contributed by atoms with van der Waals surface area (Å²) in [5.41, 5.74) is 2.98. The number of rotatable bonds is 3. The Balaban J connectivity index is 2.24. The first-order chi connectivity index (χ1) is 8.97. The molecule has 0 saturated heterocycles. The molecule has 2 aromatic rings. The topological polar surface area (TPSA) is 24.9 Å². The van der Waals surface area contributed by atoms with Crippen LogP contribution in [0.5, 0.6) is 0 Å². The second-order valence-electron chi connectivity index (χ2n) is 4.35. The number of halogens is 3. The molecule has 0 fully saturated rings. The van der Waals surface area contributed by atoms with Gasteiger partial charge in [0.1, 0.15) is 5.15 Å². The second kappa shape index (κ2) is 6.12. The number of nitrogens with zero attached hydrogens (tertiary/aromatic N) is 1. The standard InChI is InChI=1S/C14H13BrCl2N2/c1-8-7-12(16)19-14(17)13(8)18-9(2)10-3-5-11(15)6-4-10/h3-7,9,18H,1-2H3. The van der Waals surface area contributed by atoms with Gasteiger partial charge in [0, 0.05) is 10.5 Å². The van der Waals surface area contributed by atoms with Crippen molar-refractivity contribution in [1.82, 2.24) is 4.98 Å². The smallest absolute Gasteiger partial charge is 0.154 e. The van der Waals surface area contributed by atoms with E-state index in [1.165, 1.54) is 5.56 Å². The van der Waals surface area contributed by atoms with Crippen LogP contribution in [0, 0.1) is 6.92 Å². The predicted octanol–water partition coefficient (Wildman–Crippen LogP) is 5.63. The van der Waals surface area contributed by atoms with Crippen LogP contribution in [-0.2, 0) is 0 Å². The highest BCUT2D eigenvalue weighted by molar-refractivity contribution is 9.10. The third-order valence-corrected chi connectivity index (χ3v) is 3.87. The van der Waals surface area contributed by atoms with E-state index >= 15 is 0 Å². The van der Waals surface area contributed by atoms with Gasteiger partial charge in [0.15, 0.2) is 5.15 Å². The van der Waals surface area contributed by atoms with E-state index in [1.54, 1.807) is 6.07 Å². The van der Waals surface area contributed by atoms with Crippen LogP contribution >= 0.6 is 39.1 Å². The van der Waals surface area contributed by atoms with Gasteiger partial charge >= 0.3 is 0 Å². The maximum absolute atomic E-state index is 6.13. The van der Waals surface area contributed by atoms with Crippen LogP contribution in [-0.4, -0.2) is 4.98 Å². The van der Waals surface area contributed by atoms with Crippen molar-refractivity contribution in [2.45, 2.75) is 19.9 Å². The molecule has 0 aliphatic carbocycles. The zero-order valence-electron chi connectivity index (χ0n) is 10.5. The van der Waals surface area contributed by atoms with Crippen molar-refractivity contribution in [2.75, 3.05) is 5.32 Å². The normalized spacial score (nSPS) is 12.3. The Morgan fingerprint density at radius 1 is 1.21 bits per heavy atom. The SMILES string of the molecule is Cc1cc(Cl)nc(Cl)c1NC(C)c1ccc(Br)cc1. The van der Waals surface area contributed by atoms with Crippen molar-refractivity contribution in [3.05, 3.63) is 56.2 Å². The maximum atomic E-state index is 6.13.